The molecule has 20 heavy (non-hydrogen) atoms. The molecule has 0 spiro atoms. The summed E-state index contributed by atoms with van der Waals surface area (Å²) < 4.78 is 0. The molecule has 5 heteroatoms. The summed E-state index contributed by atoms with van der Waals surface area (Å²) in [6, 6.07) is 10.4. The van der Waals surface area contributed by atoms with E-state index >= 15 is 0 Å². The molecule has 0 radical (unpaired) electrons. The Hall–Kier alpha value is -2.24. The topological polar surface area (TPSA) is 77.8 Å². The van der Waals surface area contributed by atoms with E-state index in [4.69, 9.17) is 5.11 Å². The van der Waals surface area contributed by atoms with Crippen LogP contribution in [0.1, 0.15) is 27.1 Å². The lowest BCUT2D eigenvalue weighted by molar-refractivity contribution is 0.000541. The molecule has 2 N–H and O–H groups in total. The molecule has 1 heterocycles. The van der Waals surface area contributed by atoms with Crippen molar-refractivity contribution in [3.63, 3.8) is 0 Å². The van der Waals surface area contributed by atoms with Gasteiger partial charge in [0, 0.05) is 29.5 Å². The standard InChI is InChI=1S/C15H13NO4/c17-8-7-12(18)16-14(19)10-5-1-3-9-4-2-6-11(13(9)10)15(16)20/h1-6,12,17-18H,7-8H2. The van der Waals surface area contributed by atoms with Crippen LogP contribution < -0.4 is 0 Å². The van der Waals surface area contributed by atoms with Crippen LogP contribution in [0.5, 0.6) is 0 Å². The average molecular weight is 271 g/mol. The molecule has 2 aromatic carbocycles. The maximum absolute atomic E-state index is 12.4. The first-order valence-electron chi connectivity index (χ1n) is 6.33. The molecule has 0 saturated heterocycles. The van der Waals surface area contributed by atoms with E-state index in [9.17, 15) is 14.7 Å². The Bertz CT molecular complexity index is 659. The molecule has 2 aromatic rings. The second kappa shape index (κ2) is 4.70. The molecule has 1 aliphatic heterocycles. The van der Waals surface area contributed by atoms with Crippen molar-refractivity contribution in [3.05, 3.63) is 47.5 Å². The number of aliphatic hydroxyl groups is 2. The fourth-order valence-electron chi connectivity index (χ4n) is 2.56. The molecule has 102 valence electrons. The monoisotopic (exact) mass is 271 g/mol. The van der Waals surface area contributed by atoms with Crippen molar-refractivity contribution >= 4 is 22.6 Å². The number of carbonyl (C=O) groups excluding carboxylic acids is 2. The van der Waals surface area contributed by atoms with Gasteiger partial charge in [-0.1, -0.05) is 24.3 Å². The minimum absolute atomic E-state index is 0.0599. The van der Waals surface area contributed by atoms with Gasteiger partial charge in [-0.2, -0.15) is 0 Å². The fourth-order valence-corrected chi connectivity index (χ4v) is 2.56. The first-order chi connectivity index (χ1) is 9.65. The van der Waals surface area contributed by atoms with Crippen LogP contribution in [0, 0.1) is 0 Å². The maximum Gasteiger partial charge on any atom is 0.263 e. The Morgan fingerprint density at radius 2 is 1.55 bits per heavy atom. The molecular weight excluding hydrogens is 258 g/mol. The molecule has 0 bridgehead atoms. The number of aliphatic hydroxyl groups excluding tert-OH is 2. The number of amides is 2. The van der Waals surface area contributed by atoms with E-state index in [2.05, 4.69) is 0 Å². The molecule has 1 atom stereocenters. The summed E-state index contributed by atoms with van der Waals surface area (Å²) in [7, 11) is 0. The van der Waals surface area contributed by atoms with E-state index in [-0.39, 0.29) is 13.0 Å². The fraction of sp³-hybridized carbons (Fsp3) is 0.200. The van der Waals surface area contributed by atoms with Gasteiger partial charge in [0.1, 0.15) is 6.23 Å². The Labute approximate surface area is 115 Å². The highest BCUT2D eigenvalue weighted by Crippen LogP contribution is 2.30. The number of rotatable bonds is 3. The molecule has 2 amide bonds. The summed E-state index contributed by atoms with van der Waals surface area (Å²) in [6.45, 7) is -0.302. The Kier molecular flexibility index (Phi) is 3.00. The summed E-state index contributed by atoms with van der Waals surface area (Å²) in [5.74, 6) is -1.06. The van der Waals surface area contributed by atoms with Crippen molar-refractivity contribution in [2.75, 3.05) is 6.61 Å². The molecular formula is C15H13NO4. The lowest BCUT2D eigenvalue weighted by atomic mass is 9.94. The SMILES string of the molecule is O=C1c2cccc3cccc(c23)C(=O)N1C(O)CCO. The van der Waals surface area contributed by atoms with Crippen LogP contribution >= 0.6 is 0 Å². The number of imide groups is 1. The van der Waals surface area contributed by atoms with E-state index in [0.29, 0.717) is 16.5 Å². The Morgan fingerprint density at radius 3 is 2.05 bits per heavy atom. The van der Waals surface area contributed by atoms with Crippen LogP contribution in [-0.2, 0) is 0 Å². The average Bonchev–Trinajstić information content (AvgIpc) is 2.45. The summed E-state index contributed by atoms with van der Waals surface area (Å²) in [6.07, 6.45) is -1.38. The van der Waals surface area contributed by atoms with E-state index in [1.807, 2.05) is 12.1 Å². The predicted octanol–water partition coefficient (Wildman–Crippen LogP) is 1.14. The normalized spacial score (nSPS) is 15.8. The zero-order chi connectivity index (χ0) is 14.3. The third-order valence-corrected chi connectivity index (χ3v) is 3.49. The van der Waals surface area contributed by atoms with Gasteiger partial charge in [0.05, 0.1) is 0 Å². The van der Waals surface area contributed by atoms with E-state index in [1.54, 1.807) is 24.3 Å². The van der Waals surface area contributed by atoms with Crippen molar-refractivity contribution in [2.45, 2.75) is 12.6 Å². The minimum Gasteiger partial charge on any atom is -0.396 e. The van der Waals surface area contributed by atoms with Gasteiger partial charge in [-0.25, -0.2) is 4.90 Å². The van der Waals surface area contributed by atoms with Crippen molar-refractivity contribution in [1.82, 2.24) is 4.90 Å². The van der Waals surface area contributed by atoms with Gasteiger partial charge < -0.3 is 10.2 Å². The number of carbonyl (C=O) groups is 2. The first kappa shape index (κ1) is 12.8. The molecule has 0 saturated carbocycles. The van der Waals surface area contributed by atoms with Crippen LogP contribution in [-0.4, -0.2) is 39.8 Å². The van der Waals surface area contributed by atoms with Gasteiger partial charge in [-0.15, -0.1) is 0 Å². The maximum atomic E-state index is 12.4. The van der Waals surface area contributed by atoms with Crippen LogP contribution in [0.15, 0.2) is 36.4 Å². The second-order valence-electron chi connectivity index (χ2n) is 4.68. The van der Waals surface area contributed by atoms with E-state index < -0.39 is 18.0 Å². The molecule has 0 aromatic heterocycles. The quantitative estimate of drug-likeness (QED) is 0.820. The molecule has 1 aliphatic rings. The third-order valence-electron chi connectivity index (χ3n) is 3.49. The van der Waals surface area contributed by atoms with E-state index in [1.165, 1.54) is 0 Å². The van der Waals surface area contributed by atoms with Gasteiger partial charge in [0.2, 0.25) is 0 Å². The van der Waals surface area contributed by atoms with Crippen molar-refractivity contribution in [1.29, 1.82) is 0 Å². The number of nitrogens with zero attached hydrogens (tertiary/aromatic N) is 1. The van der Waals surface area contributed by atoms with Gasteiger partial charge >= 0.3 is 0 Å². The predicted molar refractivity (Wildman–Crippen MR) is 72.2 cm³/mol. The van der Waals surface area contributed by atoms with Gasteiger partial charge in [-0.3, -0.25) is 9.59 Å². The van der Waals surface area contributed by atoms with Crippen molar-refractivity contribution in [3.8, 4) is 0 Å². The lowest BCUT2D eigenvalue weighted by Crippen LogP contribution is -2.47. The molecule has 0 aliphatic carbocycles. The smallest absolute Gasteiger partial charge is 0.263 e. The zero-order valence-corrected chi connectivity index (χ0v) is 10.6. The van der Waals surface area contributed by atoms with Crippen LogP contribution in [0.4, 0.5) is 0 Å². The van der Waals surface area contributed by atoms with Gasteiger partial charge in [0.15, 0.2) is 0 Å². The van der Waals surface area contributed by atoms with Crippen LogP contribution in [0.25, 0.3) is 10.8 Å². The summed E-state index contributed by atoms with van der Waals surface area (Å²) in [4.78, 5) is 25.6. The summed E-state index contributed by atoms with van der Waals surface area (Å²) >= 11 is 0. The molecule has 5 nitrogen and oxygen atoms in total. The zero-order valence-electron chi connectivity index (χ0n) is 10.6. The highest BCUT2D eigenvalue weighted by molar-refractivity contribution is 6.25. The van der Waals surface area contributed by atoms with Crippen molar-refractivity contribution < 1.29 is 19.8 Å². The van der Waals surface area contributed by atoms with Gasteiger partial charge in [0.25, 0.3) is 11.8 Å². The van der Waals surface area contributed by atoms with Crippen LogP contribution in [0.2, 0.25) is 0 Å². The molecule has 0 fully saturated rings. The second-order valence-corrected chi connectivity index (χ2v) is 4.68. The molecule has 3 rings (SSSR count). The third kappa shape index (κ3) is 1.71. The minimum atomic E-state index is -1.32. The first-order valence-corrected chi connectivity index (χ1v) is 6.33. The highest BCUT2D eigenvalue weighted by Gasteiger charge is 2.36. The van der Waals surface area contributed by atoms with E-state index in [0.717, 1.165) is 10.3 Å². The largest absolute Gasteiger partial charge is 0.396 e. The van der Waals surface area contributed by atoms with Crippen LogP contribution in [0.3, 0.4) is 0 Å². The van der Waals surface area contributed by atoms with Gasteiger partial charge in [-0.05, 0) is 17.5 Å². The number of hydrogen-bond acceptors (Lipinski definition) is 4. The molecule has 1 unspecified atom stereocenters. The number of hydrogen-bond donors (Lipinski definition) is 2. The highest BCUT2D eigenvalue weighted by atomic mass is 16.3. The van der Waals surface area contributed by atoms with Crippen molar-refractivity contribution in [2.24, 2.45) is 0 Å². The summed E-state index contributed by atoms with van der Waals surface area (Å²) in [5, 5.41) is 20.2. The Balaban J connectivity index is 2.21. The number of benzene rings is 2. The Morgan fingerprint density at radius 1 is 1.00 bits per heavy atom. The lowest BCUT2D eigenvalue weighted by Gasteiger charge is -2.30. The summed E-state index contributed by atoms with van der Waals surface area (Å²) in [5.41, 5.74) is 0.796.